The van der Waals surface area contributed by atoms with Crippen LogP contribution in [0.2, 0.25) is 0 Å². The number of hydrogen-bond donors (Lipinski definition) is 1. The molecule has 26 heavy (non-hydrogen) atoms. The minimum absolute atomic E-state index is 0.325. The van der Waals surface area contributed by atoms with E-state index in [4.69, 9.17) is 0 Å². The van der Waals surface area contributed by atoms with Gasteiger partial charge in [0.05, 0.1) is 12.0 Å². The van der Waals surface area contributed by atoms with Crippen LogP contribution in [-0.2, 0) is 0 Å². The first-order valence-electron chi connectivity index (χ1n) is 10.5. The zero-order valence-electron chi connectivity index (χ0n) is 16.1. The van der Waals surface area contributed by atoms with Gasteiger partial charge in [0.2, 0.25) is 0 Å². The lowest BCUT2D eigenvalue weighted by Crippen LogP contribution is -2.50. The molecule has 4 heteroatoms. The van der Waals surface area contributed by atoms with Crippen LogP contribution in [0.25, 0.3) is 0 Å². The molecule has 0 saturated heterocycles. The molecule has 4 aliphatic carbocycles. The van der Waals surface area contributed by atoms with Crippen molar-refractivity contribution >= 4 is 5.71 Å². The van der Waals surface area contributed by atoms with Crippen LogP contribution in [0.4, 0.5) is 0 Å². The van der Waals surface area contributed by atoms with Gasteiger partial charge in [-0.3, -0.25) is 0 Å². The molecular weight excluding hydrogens is 322 g/mol. The summed E-state index contributed by atoms with van der Waals surface area (Å²) in [6.45, 7) is 5.07. The van der Waals surface area contributed by atoms with E-state index in [1.54, 1.807) is 5.57 Å². The van der Waals surface area contributed by atoms with E-state index in [-0.39, 0.29) is 0 Å². The van der Waals surface area contributed by atoms with Gasteiger partial charge in [-0.25, -0.2) is 4.98 Å². The Morgan fingerprint density at radius 3 is 2.77 bits per heavy atom. The average molecular weight is 354 g/mol. The van der Waals surface area contributed by atoms with Gasteiger partial charge in [0.15, 0.2) is 0 Å². The van der Waals surface area contributed by atoms with Crippen LogP contribution in [0, 0.1) is 28.6 Å². The van der Waals surface area contributed by atoms with Crippen LogP contribution in [0.15, 0.2) is 35.5 Å². The highest BCUT2D eigenvalue weighted by atomic mass is 16.4. The number of hydrogen-bond acceptors (Lipinski definition) is 3. The van der Waals surface area contributed by atoms with Crippen molar-refractivity contribution in [2.45, 2.75) is 71.3 Å². The Morgan fingerprint density at radius 1 is 1.12 bits per heavy atom. The minimum atomic E-state index is 0.325. The van der Waals surface area contributed by atoms with Gasteiger partial charge in [0.25, 0.3) is 0 Å². The summed E-state index contributed by atoms with van der Waals surface area (Å²) in [5, 5.41) is 12.7. The topological polar surface area (TPSA) is 50.4 Å². The number of imidazole rings is 1. The van der Waals surface area contributed by atoms with Crippen LogP contribution in [0.5, 0.6) is 0 Å². The Labute approximate surface area is 156 Å². The molecule has 1 N–H and O–H groups in total. The summed E-state index contributed by atoms with van der Waals surface area (Å²) < 4.78 is 2.39. The normalized spacial score (nSPS) is 46.4. The average Bonchev–Trinajstić information content (AvgIpc) is 3.27. The van der Waals surface area contributed by atoms with E-state index in [9.17, 15) is 5.21 Å². The second kappa shape index (κ2) is 5.71. The monoisotopic (exact) mass is 353 g/mol. The maximum Gasteiger partial charge on any atom is 0.0948 e. The molecule has 0 spiro atoms. The second-order valence-corrected chi connectivity index (χ2v) is 9.74. The molecule has 3 saturated carbocycles. The molecule has 0 aliphatic heterocycles. The van der Waals surface area contributed by atoms with Crippen LogP contribution in [0.3, 0.4) is 0 Å². The van der Waals surface area contributed by atoms with E-state index in [1.165, 1.54) is 38.5 Å². The van der Waals surface area contributed by atoms with Crippen molar-refractivity contribution in [2.75, 3.05) is 0 Å². The molecule has 3 fully saturated rings. The SMILES string of the molecule is C[C@]12CC[C@H]3[C@@H](CCC4=C/C(=N\O)CC[C@@]43C)C1CCC2n1ccnc1. The van der Waals surface area contributed by atoms with E-state index in [2.05, 4.69) is 40.8 Å². The van der Waals surface area contributed by atoms with Gasteiger partial charge in [0, 0.05) is 18.4 Å². The predicted octanol–water partition coefficient (Wildman–Crippen LogP) is 5.22. The molecule has 5 rings (SSSR count). The highest BCUT2D eigenvalue weighted by Gasteiger charge is 2.59. The maximum atomic E-state index is 9.21. The van der Waals surface area contributed by atoms with E-state index in [1.807, 2.05) is 12.5 Å². The fourth-order valence-corrected chi connectivity index (χ4v) is 7.57. The van der Waals surface area contributed by atoms with Crippen LogP contribution >= 0.6 is 0 Å². The smallest absolute Gasteiger partial charge is 0.0948 e. The summed E-state index contributed by atoms with van der Waals surface area (Å²) in [5.41, 5.74) is 3.19. The van der Waals surface area contributed by atoms with Gasteiger partial charge in [-0.05, 0) is 86.0 Å². The van der Waals surface area contributed by atoms with Gasteiger partial charge in [-0.15, -0.1) is 0 Å². The first-order chi connectivity index (χ1) is 12.6. The van der Waals surface area contributed by atoms with Crippen molar-refractivity contribution in [3.8, 4) is 0 Å². The van der Waals surface area contributed by atoms with Crippen molar-refractivity contribution in [1.29, 1.82) is 0 Å². The number of rotatable bonds is 1. The first kappa shape index (κ1) is 16.6. The first-order valence-corrected chi connectivity index (χ1v) is 10.5. The molecule has 2 unspecified atom stereocenters. The van der Waals surface area contributed by atoms with Gasteiger partial charge < -0.3 is 9.77 Å². The third-order valence-corrected chi connectivity index (χ3v) is 8.94. The third-order valence-electron chi connectivity index (χ3n) is 8.94. The lowest BCUT2D eigenvalue weighted by atomic mass is 9.47. The van der Waals surface area contributed by atoms with Crippen molar-refractivity contribution in [2.24, 2.45) is 33.7 Å². The highest BCUT2D eigenvalue weighted by molar-refractivity contribution is 5.96. The van der Waals surface area contributed by atoms with E-state index < -0.39 is 0 Å². The fraction of sp³-hybridized carbons (Fsp3) is 0.727. The van der Waals surface area contributed by atoms with Crippen LogP contribution in [0.1, 0.15) is 71.3 Å². The largest absolute Gasteiger partial charge is 0.411 e. The summed E-state index contributed by atoms with van der Waals surface area (Å²) in [6.07, 6.45) is 18.3. The molecule has 0 bridgehead atoms. The number of fused-ring (bicyclic) bond motifs is 5. The Balaban J connectivity index is 1.47. The summed E-state index contributed by atoms with van der Waals surface area (Å²) in [4.78, 5) is 4.32. The zero-order valence-corrected chi connectivity index (χ0v) is 16.1. The molecule has 1 aromatic rings. The summed E-state index contributed by atoms with van der Waals surface area (Å²) in [7, 11) is 0. The van der Waals surface area contributed by atoms with E-state index in [0.29, 0.717) is 16.9 Å². The van der Waals surface area contributed by atoms with Gasteiger partial charge in [-0.2, -0.15) is 0 Å². The van der Waals surface area contributed by atoms with Crippen molar-refractivity contribution in [3.63, 3.8) is 0 Å². The minimum Gasteiger partial charge on any atom is -0.411 e. The van der Waals surface area contributed by atoms with Gasteiger partial charge in [-0.1, -0.05) is 24.6 Å². The fourth-order valence-electron chi connectivity index (χ4n) is 7.57. The number of nitrogens with zero attached hydrogens (tertiary/aromatic N) is 3. The molecule has 1 aromatic heterocycles. The second-order valence-electron chi connectivity index (χ2n) is 9.74. The van der Waals surface area contributed by atoms with Gasteiger partial charge in [0.1, 0.15) is 0 Å². The van der Waals surface area contributed by atoms with Crippen LogP contribution in [-0.4, -0.2) is 20.5 Å². The molecule has 4 nitrogen and oxygen atoms in total. The maximum absolute atomic E-state index is 9.21. The van der Waals surface area contributed by atoms with E-state index in [0.717, 1.165) is 36.3 Å². The number of allylic oxidation sites excluding steroid dienone is 2. The lowest BCUT2D eigenvalue weighted by molar-refractivity contribution is -0.0466. The Hall–Kier alpha value is -1.58. The number of oxime groups is 1. The Bertz CT molecular complexity index is 751. The lowest BCUT2D eigenvalue weighted by Gasteiger charge is -2.58. The summed E-state index contributed by atoms with van der Waals surface area (Å²) >= 11 is 0. The molecular formula is C22H31N3O. The third kappa shape index (κ3) is 2.13. The van der Waals surface area contributed by atoms with E-state index >= 15 is 0 Å². The van der Waals surface area contributed by atoms with Crippen molar-refractivity contribution < 1.29 is 5.21 Å². The van der Waals surface area contributed by atoms with Crippen molar-refractivity contribution in [3.05, 3.63) is 30.4 Å². The zero-order chi connectivity index (χ0) is 17.9. The summed E-state index contributed by atoms with van der Waals surface area (Å²) in [6, 6.07) is 0.625. The van der Waals surface area contributed by atoms with Crippen LogP contribution < -0.4 is 0 Å². The molecule has 140 valence electrons. The van der Waals surface area contributed by atoms with Gasteiger partial charge >= 0.3 is 0 Å². The number of aromatic nitrogens is 2. The molecule has 6 atom stereocenters. The molecule has 1 heterocycles. The Kier molecular flexibility index (Phi) is 3.64. The molecule has 0 radical (unpaired) electrons. The Morgan fingerprint density at radius 2 is 2.00 bits per heavy atom. The van der Waals surface area contributed by atoms with Crippen molar-refractivity contribution in [1.82, 2.24) is 9.55 Å². The highest BCUT2D eigenvalue weighted by Crippen LogP contribution is 2.67. The quantitative estimate of drug-likeness (QED) is 0.556. The molecule has 4 aliphatic rings. The summed E-state index contributed by atoms with van der Waals surface area (Å²) in [5.74, 6) is 2.51. The molecule has 0 amide bonds. The standard InChI is InChI=1S/C22H31N3O/c1-21-9-7-16(24-26)13-15(21)3-4-17-18-5-6-20(25-12-11-23-14-25)22(18,2)10-8-19(17)21/h11-14,17-20,26H,3-10H2,1-2H3/b24-16-/t17-,18?,19-,20?,21-,22-/m0/s1. The predicted molar refractivity (Wildman–Crippen MR) is 102 cm³/mol. The molecule has 0 aromatic carbocycles.